The summed E-state index contributed by atoms with van der Waals surface area (Å²) in [5, 5.41) is 7.22. The zero-order valence-corrected chi connectivity index (χ0v) is 12.6. The van der Waals surface area contributed by atoms with Gasteiger partial charge in [-0.3, -0.25) is 9.97 Å². The number of sulfonamides is 1. The highest BCUT2D eigenvalue weighted by Gasteiger charge is 2.23. The van der Waals surface area contributed by atoms with E-state index < -0.39 is 10.0 Å². The lowest BCUT2D eigenvalue weighted by Crippen LogP contribution is -2.26. The number of aromatic nitrogens is 5. The Balaban J connectivity index is 2.17. The second-order valence-electron chi connectivity index (χ2n) is 3.78. The number of hydrogen-bond donors (Lipinski definition) is 1. The summed E-state index contributed by atoms with van der Waals surface area (Å²) in [6.45, 7) is 1.85. The fourth-order valence-electron chi connectivity index (χ4n) is 1.36. The maximum absolute atomic E-state index is 12.1. The average Bonchev–Trinajstić information content (AvgIpc) is 2.69. The zero-order valence-electron chi connectivity index (χ0n) is 10.2. The van der Waals surface area contributed by atoms with Crippen molar-refractivity contribution in [1.82, 2.24) is 29.7 Å². The molecule has 0 fully saturated rings. The molecule has 1 N–H and O–H groups in total. The van der Waals surface area contributed by atoms with Gasteiger partial charge < -0.3 is 0 Å². The molecule has 0 aliphatic heterocycles. The molecule has 2 rings (SSSR count). The Kier molecular flexibility index (Phi) is 3.92. The lowest BCUT2D eigenvalue weighted by Gasteiger charge is -2.06. The Morgan fingerprint density at radius 1 is 1.37 bits per heavy atom. The van der Waals surface area contributed by atoms with Gasteiger partial charge in [0.2, 0.25) is 5.03 Å². The van der Waals surface area contributed by atoms with Crippen molar-refractivity contribution in [3.63, 3.8) is 0 Å². The topological polar surface area (TPSA) is 103 Å². The SMILES string of the molecule is Cc1cnc(CNS(=O)(=O)c2c(Br)nnn2C)cn1. The number of halogens is 1. The molecule has 0 aromatic carbocycles. The molecule has 102 valence electrons. The number of rotatable bonds is 4. The summed E-state index contributed by atoms with van der Waals surface area (Å²) in [5.41, 5.74) is 1.30. The third-order valence-electron chi connectivity index (χ3n) is 2.27. The Bertz CT molecular complexity index is 662. The predicted molar refractivity (Wildman–Crippen MR) is 69.5 cm³/mol. The van der Waals surface area contributed by atoms with E-state index in [1.54, 1.807) is 13.1 Å². The molecule has 19 heavy (non-hydrogen) atoms. The minimum absolute atomic E-state index is 0.0347. The number of aryl methyl sites for hydroxylation is 2. The molecule has 0 aliphatic rings. The predicted octanol–water partition coefficient (Wildman–Crippen LogP) is 0.155. The van der Waals surface area contributed by atoms with Gasteiger partial charge in [0, 0.05) is 13.2 Å². The van der Waals surface area contributed by atoms with Crippen molar-refractivity contribution >= 4 is 26.0 Å². The quantitative estimate of drug-likeness (QED) is 0.845. The van der Waals surface area contributed by atoms with Crippen LogP contribution in [0.5, 0.6) is 0 Å². The normalized spacial score (nSPS) is 11.7. The minimum Gasteiger partial charge on any atom is -0.258 e. The van der Waals surface area contributed by atoms with Crippen molar-refractivity contribution in [1.29, 1.82) is 0 Å². The van der Waals surface area contributed by atoms with Crippen molar-refractivity contribution in [2.24, 2.45) is 7.05 Å². The first-order valence-corrected chi connectivity index (χ1v) is 7.50. The summed E-state index contributed by atoms with van der Waals surface area (Å²) in [5.74, 6) is 0. The number of nitrogens with zero attached hydrogens (tertiary/aromatic N) is 5. The van der Waals surface area contributed by atoms with Crippen molar-refractivity contribution in [3.05, 3.63) is 28.4 Å². The lowest BCUT2D eigenvalue weighted by atomic mass is 10.4. The van der Waals surface area contributed by atoms with Crippen LogP contribution >= 0.6 is 15.9 Å². The van der Waals surface area contributed by atoms with E-state index in [4.69, 9.17) is 0 Å². The molecule has 0 aliphatic carbocycles. The molecule has 2 aromatic heterocycles. The van der Waals surface area contributed by atoms with Gasteiger partial charge in [-0.2, -0.15) is 0 Å². The van der Waals surface area contributed by atoms with Gasteiger partial charge in [-0.25, -0.2) is 17.8 Å². The summed E-state index contributed by atoms with van der Waals surface area (Å²) in [4.78, 5) is 8.11. The van der Waals surface area contributed by atoms with Crippen molar-refractivity contribution < 1.29 is 8.42 Å². The van der Waals surface area contributed by atoms with Gasteiger partial charge in [-0.05, 0) is 22.9 Å². The van der Waals surface area contributed by atoms with Gasteiger partial charge in [0.15, 0.2) is 4.60 Å². The Hall–Kier alpha value is -1.39. The molecule has 0 unspecified atom stereocenters. The van der Waals surface area contributed by atoms with E-state index in [0.717, 1.165) is 5.69 Å². The van der Waals surface area contributed by atoms with Crippen LogP contribution in [0.4, 0.5) is 0 Å². The maximum atomic E-state index is 12.1. The molecule has 8 nitrogen and oxygen atoms in total. The van der Waals surface area contributed by atoms with E-state index in [0.29, 0.717) is 5.69 Å². The molecular weight excluding hydrogens is 336 g/mol. The van der Waals surface area contributed by atoms with Crippen molar-refractivity contribution in [3.8, 4) is 0 Å². The highest BCUT2D eigenvalue weighted by Crippen LogP contribution is 2.17. The van der Waals surface area contributed by atoms with Crippen molar-refractivity contribution in [2.75, 3.05) is 0 Å². The Morgan fingerprint density at radius 2 is 2.11 bits per heavy atom. The summed E-state index contributed by atoms with van der Waals surface area (Å²) in [7, 11) is -2.22. The second kappa shape index (κ2) is 5.31. The van der Waals surface area contributed by atoms with Gasteiger partial charge in [0.25, 0.3) is 10.0 Å². The largest absolute Gasteiger partial charge is 0.260 e. The molecule has 0 saturated carbocycles. The third-order valence-corrected chi connectivity index (χ3v) is 4.56. The fourth-order valence-corrected chi connectivity index (χ4v) is 3.44. The van der Waals surface area contributed by atoms with Gasteiger partial charge in [-0.15, -0.1) is 5.10 Å². The van der Waals surface area contributed by atoms with Crippen LogP contribution in [-0.4, -0.2) is 33.4 Å². The van der Waals surface area contributed by atoms with Crippen LogP contribution in [0.15, 0.2) is 22.0 Å². The molecule has 2 aromatic rings. The second-order valence-corrected chi connectivity index (χ2v) is 6.22. The van der Waals surface area contributed by atoms with Crippen LogP contribution in [0, 0.1) is 6.92 Å². The molecule has 10 heteroatoms. The molecule has 0 bridgehead atoms. The fraction of sp³-hybridized carbons (Fsp3) is 0.333. The molecule has 0 saturated heterocycles. The zero-order chi connectivity index (χ0) is 14.0. The van der Waals surface area contributed by atoms with Crippen LogP contribution in [0.2, 0.25) is 0 Å². The summed E-state index contributed by atoms with van der Waals surface area (Å²) < 4.78 is 27.9. The van der Waals surface area contributed by atoms with Crippen LogP contribution in [0.1, 0.15) is 11.4 Å². The summed E-state index contributed by atoms with van der Waals surface area (Å²) in [6.07, 6.45) is 3.10. The van der Waals surface area contributed by atoms with Crippen LogP contribution in [0.25, 0.3) is 0 Å². The van der Waals surface area contributed by atoms with Crippen LogP contribution in [-0.2, 0) is 23.6 Å². The highest BCUT2D eigenvalue weighted by molar-refractivity contribution is 9.10. The molecule has 0 radical (unpaired) electrons. The van der Waals surface area contributed by atoms with Gasteiger partial charge in [-0.1, -0.05) is 5.21 Å². The van der Waals surface area contributed by atoms with E-state index in [9.17, 15) is 8.42 Å². The van der Waals surface area contributed by atoms with Gasteiger partial charge >= 0.3 is 0 Å². The summed E-state index contributed by atoms with van der Waals surface area (Å²) >= 11 is 3.05. The first-order valence-electron chi connectivity index (χ1n) is 5.22. The molecule has 0 spiro atoms. The first-order chi connectivity index (χ1) is 8.90. The number of hydrogen-bond acceptors (Lipinski definition) is 6. The van der Waals surface area contributed by atoms with E-state index in [2.05, 4.69) is 40.9 Å². The molecular formula is C9H11BrN6O2S. The van der Waals surface area contributed by atoms with E-state index in [1.165, 1.54) is 17.9 Å². The summed E-state index contributed by atoms with van der Waals surface area (Å²) in [6, 6.07) is 0. The Labute approximate surface area is 118 Å². The third kappa shape index (κ3) is 3.14. The molecule has 0 atom stereocenters. The van der Waals surface area contributed by atoms with Gasteiger partial charge in [0.1, 0.15) is 0 Å². The van der Waals surface area contributed by atoms with E-state index in [-0.39, 0.29) is 16.2 Å². The van der Waals surface area contributed by atoms with E-state index >= 15 is 0 Å². The average molecular weight is 347 g/mol. The van der Waals surface area contributed by atoms with Crippen LogP contribution < -0.4 is 4.72 Å². The maximum Gasteiger partial charge on any atom is 0.260 e. The smallest absolute Gasteiger partial charge is 0.258 e. The Morgan fingerprint density at radius 3 is 2.63 bits per heavy atom. The van der Waals surface area contributed by atoms with Crippen molar-refractivity contribution in [2.45, 2.75) is 18.5 Å². The standard InChI is InChI=1S/C9H11BrN6O2S/c1-6-3-12-7(4-11-6)5-13-19(17,18)9-8(10)14-15-16(9)2/h3-4,13H,5H2,1-2H3. The monoisotopic (exact) mass is 346 g/mol. The number of nitrogens with one attached hydrogen (secondary N) is 1. The van der Waals surface area contributed by atoms with Gasteiger partial charge in [0.05, 0.1) is 24.1 Å². The highest BCUT2D eigenvalue weighted by atomic mass is 79.9. The first kappa shape index (κ1) is 14.0. The molecule has 2 heterocycles. The van der Waals surface area contributed by atoms with E-state index in [1.807, 2.05) is 0 Å². The van der Waals surface area contributed by atoms with Crippen LogP contribution in [0.3, 0.4) is 0 Å². The minimum atomic E-state index is -3.71. The lowest BCUT2D eigenvalue weighted by molar-refractivity contribution is 0.559. The molecule has 0 amide bonds.